The fraction of sp³-hybridized carbons (Fsp3) is 0.600. The van der Waals surface area contributed by atoms with E-state index in [9.17, 15) is 0 Å². The summed E-state index contributed by atoms with van der Waals surface area (Å²) in [6.45, 7) is 3.90. The Kier molecular flexibility index (Phi) is 4.35. The van der Waals surface area contributed by atoms with Crippen LogP contribution >= 0.6 is 23.2 Å². The molecule has 2 rings (SSSR count). The van der Waals surface area contributed by atoms with Gasteiger partial charge in [-0.1, -0.05) is 11.6 Å². The first-order valence-corrected chi connectivity index (χ1v) is 6.09. The van der Waals surface area contributed by atoms with Crippen LogP contribution in [0, 0.1) is 5.92 Å². The van der Waals surface area contributed by atoms with Crippen molar-refractivity contribution in [3.63, 3.8) is 0 Å². The SMILES string of the molecule is Clc1ncc(CNCC2CCNC2)c(Cl)n1. The van der Waals surface area contributed by atoms with Crippen LogP contribution < -0.4 is 10.6 Å². The smallest absolute Gasteiger partial charge is 0.223 e. The standard InChI is InChI=1S/C10H14Cl2N4/c11-9-8(6-15-10(12)16-9)5-14-4-7-1-2-13-3-7/h6-7,13-14H,1-5H2. The Morgan fingerprint density at radius 1 is 1.50 bits per heavy atom. The van der Waals surface area contributed by atoms with Gasteiger partial charge in [-0.2, -0.15) is 0 Å². The molecule has 0 saturated carbocycles. The fourth-order valence-corrected chi connectivity index (χ4v) is 2.16. The Bertz CT molecular complexity index is 353. The molecule has 1 unspecified atom stereocenters. The summed E-state index contributed by atoms with van der Waals surface area (Å²) < 4.78 is 0. The predicted molar refractivity (Wildman–Crippen MR) is 64.7 cm³/mol. The van der Waals surface area contributed by atoms with Gasteiger partial charge in [0.25, 0.3) is 0 Å². The summed E-state index contributed by atoms with van der Waals surface area (Å²) in [5.41, 5.74) is 0.886. The third-order valence-electron chi connectivity index (χ3n) is 2.69. The second kappa shape index (κ2) is 5.77. The van der Waals surface area contributed by atoms with Crippen molar-refractivity contribution < 1.29 is 0 Å². The average Bonchev–Trinajstić information content (AvgIpc) is 2.74. The molecule has 1 aromatic heterocycles. The third kappa shape index (κ3) is 3.28. The van der Waals surface area contributed by atoms with Crippen LogP contribution in [0.4, 0.5) is 0 Å². The Morgan fingerprint density at radius 3 is 3.06 bits per heavy atom. The first-order valence-electron chi connectivity index (χ1n) is 5.34. The van der Waals surface area contributed by atoms with Crippen molar-refractivity contribution in [3.05, 3.63) is 22.2 Å². The molecule has 1 aromatic rings. The lowest BCUT2D eigenvalue weighted by Gasteiger charge is -2.10. The van der Waals surface area contributed by atoms with Gasteiger partial charge >= 0.3 is 0 Å². The summed E-state index contributed by atoms with van der Waals surface area (Å²) in [4.78, 5) is 7.80. The highest BCUT2D eigenvalue weighted by molar-refractivity contribution is 6.32. The van der Waals surface area contributed by atoms with Crippen LogP contribution in [0.25, 0.3) is 0 Å². The second-order valence-electron chi connectivity index (χ2n) is 3.94. The van der Waals surface area contributed by atoms with Crippen molar-refractivity contribution >= 4 is 23.2 Å². The number of rotatable bonds is 4. The van der Waals surface area contributed by atoms with Crippen LogP contribution in [-0.2, 0) is 6.54 Å². The number of nitrogens with one attached hydrogen (secondary N) is 2. The van der Waals surface area contributed by atoms with Crippen molar-refractivity contribution in [2.75, 3.05) is 19.6 Å². The van der Waals surface area contributed by atoms with Gasteiger partial charge in [-0.05, 0) is 43.6 Å². The van der Waals surface area contributed by atoms with Crippen LogP contribution in [-0.4, -0.2) is 29.6 Å². The maximum Gasteiger partial charge on any atom is 0.223 e. The van der Waals surface area contributed by atoms with E-state index >= 15 is 0 Å². The van der Waals surface area contributed by atoms with Crippen LogP contribution in [0.1, 0.15) is 12.0 Å². The second-order valence-corrected chi connectivity index (χ2v) is 4.64. The minimum Gasteiger partial charge on any atom is -0.316 e. The topological polar surface area (TPSA) is 49.8 Å². The van der Waals surface area contributed by atoms with E-state index in [0.29, 0.717) is 17.6 Å². The molecule has 4 nitrogen and oxygen atoms in total. The summed E-state index contributed by atoms with van der Waals surface area (Å²) in [6.07, 6.45) is 2.90. The molecule has 6 heteroatoms. The van der Waals surface area contributed by atoms with E-state index in [4.69, 9.17) is 23.2 Å². The van der Waals surface area contributed by atoms with Crippen LogP contribution in [0.15, 0.2) is 6.20 Å². The van der Waals surface area contributed by atoms with Gasteiger partial charge in [0.15, 0.2) is 0 Å². The highest BCUT2D eigenvalue weighted by Gasteiger charge is 2.13. The maximum absolute atomic E-state index is 5.94. The zero-order valence-electron chi connectivity index (χ0n) is 8.84. The zero-order chi connectivity index (χ0) is 11.4. The van der Waals surface area contributed by atoms with E-state index in [2.05, 4.69) is 20.6 Å². The van der Waals surface area contributed by atoms with Crippen molar-refractivity contribution in [2.24, 2.45) is 5.92 Å². The Hall–Kier alpha value is -0.420. The molecule has 0 amide bonds. The lowest BCUT2D eigenvalue weighted by atomic mass is 10.1. The number of hydrogen-bond acceptors (Lipinski definition) is 4. The highest BCUT2D eigenvalue weighted by atomic mass is 35.5. The third-order valence-corrected chi connectivity index (χ3v) is 3.20. The molecule has 1 aliphatic rings. The quantitative estimate of drug-likeness (QED) is 0.636. The van der Waals surface area contributed by atoms with Crippen molar-refractivity contribution in [3.8, 4) is 0 Å². The van der Waals surface area contributed by atoms with E-state index in [0.717, 1.165) is 25.2 Å². The molecule has 2 N–H and O–H groups in total. The van der Waals surface area contributed by atoms with E-state index in [1.165, 1.54) is 6.42 Å². The summed E-state index contributed by atoms with van der Waals surface area (Å²) in [7, 11) is 0. The van der Waals surface area contributed by atoms with Crippen LogP contribution in [0.5, 0.6) is 0 Å². The molecule has 0 aromatic carbocycles. The Balaban J connectivity index is 1.80. The van der Waals surface area contributed by atoms with Gasteiger partial charge in [0.1, 0.15) is 5.15 Å². The molecule has 88 valence electrons. The van der Waals surface area contributed by atoms with Gasteiger partial charge in [-0.15, -0.1) is 0 Å². The molecule has 1 saturated heterocycles. The van der Waals surface area contributed by atoms with Gasteiger partial charge in [-0.3, -0.25) is 0 Å². The fourth-order valence-electron chi connectivity index (χ4n) is 1.78. The minimum atomic E-state index is 0.189. The van der Waals surface area contributed by atoms with Gasteiger partial charge in [0, 0.05) is 18.3 Å². The number of aromatic nitrogens is 2. The van der Waals surface area contributed by atoms with E-state index in [1.54, 1.807) is 6.20 Å². The maximum atomic E-state index is 5.94. The summed E-state index contributed by atoms with van der Waals surface area (Å²) >= 11 is 11.6. The van der Waals surface area contributed by atoms with E-state index < -0.39 is 0 Å². The first-order chi connectivity index (χ1) is 7.75. The lowest BCUT2D eigenvalue weighted by molar-refractivity contribution is 0.512. The van der Waals surface area contributed by atoms with E-state index in [1.807, 2.05) is 0 Å². The summed E-state index contributed by atoms with van der Waals surface area (Å²) in [5, 5.41) is 7.30. The average molecular weight is 261 g/mol. The minimum absolute atomic E-state index is 0.189. The largest absolute Gasteiger partial charge is 0.316 e. The Morgan fingerprint density at radius 2 is 2.38 bits per heavy atom. The lowest BCUT2D eigenvalue weighted by Crippen LogP contribution is -2.24. The van der Waals surface area contributed by atoms with Crippen molar-refractivity contribution in [1.29, 1.82) is 0 Å². The summed E-state index contributed by atoms with van der Waals surface area (Å²) in [6, 6.07) is 0. The number of hydrogen-bond donors (Lipinski definition) is 2. The molecule has 0 bridgehead atoms. The molecular formula is C10H14Cl2N4. The van der Waals surface area contributed by atoms with Gasteiger partial charge < -0.3 is 10.6 Å². The molecule has 0 aliphatic carbocycles. The van der Waals surface area contributed by atoms with Gasteiger partial charge in [-0.25, -0.2) is 9.97 Å². The number of halogens is 2. The monoisotopic (exact) mass is 260 g/mol. The molecule has 16 heavy (non-hydrogen) atoms. The molecule has 2 heterocycles. The van der Waals surface area contributed by atoms with Crippen molar-refractivity contribution in [2.45, 2.75) is 13.0 Å². The van der Waals surface area contributed by atoms with Crippen LogP contribution in [0.2, 0.25) is 10.4 Å². The van der Waals surface area contributed by atoms with Crippen molar-refractivity contribution in [1.82, 2.24) is 20.6 Å². The normalized spacial score (nSPS) is 20.2. The molecule has 1 fully saturated rings. The highest BCUT2D eigenvalue weighted by Crippen LogP contribution is 2.14. The first kappa shape index (κ1) is 12.0. The van der Waals surface area contributed by atoms with Gasteiger partial charge in [0.05, 0.1) is 0 Å². The van der Waals surface area contributed by atoms with Gasteiger partial charge in [0.2, 0.25) is 5.28 Å². The predicted octanol–water partition coefficient (Wildman–Crippen LogP) is 1.48. The molecule has 1 aliphatic heterocycles. The molecular weight excluding hydrogens is 247 g/mol. The Labute approximate surface area is 105 Å². The zero-order valence-corrected chi connectivity index (χ0v) is 10.4. The van der Waals surface area contributed by atoms with Crippen LogP contribution in [0.3, 0.4) is 0 Å². The van der Waals surface area contributed by atoms with E-state index in [-0.39, 0.29) is 5.28 Å². The molecule has 1 atom stereocenters. The number of nitrogens with zero attached hydrogens (tertiary/aromatic N) is 2. The summed E-state index contributed by atoms with van der Waals surface area (Å²) in [5.74, 6) is 0.715. The molecule has 0 spiro atoms. The molecule has 0 radical (unpaired) electrons.